The molecule has 0 bridgehead atoms. The number of amides is 4. The van der Waals surface area contributed by atoms with Gasteiger partial charge in [0.05, 0.1) is 31.7 Å². The van der Waals surface area contributed by atoms with Crippen LogP contribution in [0.15, 0.2) is 115 Å². The molecule has 2 aromatic heterocycles. The number of nitrogens with one attached hydrogen (secondary N) is 5. The van der Waals surface area contributed by atoms with Crippen LogP contribution in [-0.4, -0.2) is 134 Å². The Balaban J connectivity index is 0.000000321. The summed E-state index contributed by atoms with van der Waals surface area (Å²) in [5.41, 5.74) is 12.9. The molecule has 2 fully saturated rings. The second-order valence-electron chi connectivity index (χ2n) is 30.4. The van der Waals surface area contributed by atoms with Gasteiger partial charge < -0.3 is 70.6 Å². The highest BCUT2D eigenvalue weighted by Gasteiger charge is 2.36. The van der Waals surface area contributed by atoms with Crippen LogP contribution in [0.5, 0.6) is 11.5 Å². The molecule has 0 saturated heterocycles. The average molecular weight is 1600 g/mol. The molecular formula is C87H111ClN10O17. The van der Waals surface area contributed by atoms with Gasteiger partial charge in [-0.3, -0.25) is 34.2 Å². The Bertz CT molecular complexity index is 4460. The topological polar surface area (TPSA) is 390 Å². The predicted octanol–water partition coefficient (Wildman–Crippen LogP) is 16.1. The number of carbonyl (C=O) groups is 9. The molecule has 4 aromatic carbocycles. The van der Waals surface area contributed by atoms with E-state index in [0.717, 1.165) is 57.8 Å². The van der Waals surface area contributed by atoms with E-state index in [2.05, 4.69) is 68.0 Å². The van der Waals surface area contributed by atoms with Crippen molar-refractivity contribution in [3.8, 4) is 33.8 Å². The number of ether oxygens (including phenoxy) is 8. The van der Waals surface area contributed by atoms with Crippen LogP contribution < -0.4 is 42.2 Å². The summed E-state index contributed by atoms with van der Waals surface area (Å²) < 4.78 is 44.0. The quantitative estimate of drug-likeness (QED) is 0.00362. The summed E-state index contributed by atoms with van der Waals surface area (Å²) in [6.45, 7) is 31.2. The second-order valence-corrected chi connectivity index (χ2v) is 30.7. The molecular weight excluding hydrogens is 1490 g/mol. The second kappa shape index (κ2) is 44.4. The van der Waals surface area contributed by atoms with E-state index in [4.69, 9.17) is 61.6 Å². The molecule has 2 heterocycles. The number of aliphatic imine (C=N–C) groups is 1. The number of nitrogen functional groups attached to an aromatic ring is 1. The number of aromatic nitrogens is 2. The minimum atomic E-state index is -1.27. The zero-order chi connectivity index (χ0) is 84.9. The fourth-order valence-electron chi connectivity index (χ4n) is 10.6. The Kier molecular flexibility index (Phi) is 35.7. The number of methoxy groups -OCH3 is 2. The number of nitrogens with zero attached hydrogens (tertiary/aromatic N) is 3. The summed E-state index contributed by atoms with van der Waals surface area (Å²) in [6, 6.07) is 25.6. The maximum Gasteiger partial charge on any atom is 0.403 e. The first kappa shape index (κ1) is 92.5. The van der Waals surface area contributed by atoms with Gasteiger partial charge in [0, 0.05) is 110 Å². The highest BCUT2D eigenvalue weighted by molar-refractivity contribution is 6.61. The van der Waals surface area contributed by atoms with Gasteiger partial charge in [-0.15, -0.1) is 0 Å². The van der Waals surface area contributed by atoms with Crippen LogP contribution >= 0.6 is 11.6 Å². The first-order valence-electron chi connectivity index (χ1n) is 38.6. The van der Waals surface area contributed by atoms with Crippen molar-refractivity contribution in [2.24, 2.45) is 51.0 Å². The Hall–Kier alpha value is -11.3. The number of pyridine rings is 2. The maximum absolute atomic E-state index is 14.1. The first-order valence-corrected chi connectivity index (χ1v) is 38.9. The average Bonchev–Trinajstić information content (AvgIpc) is 1.78. The number of amidine groups is 2. The van der Waals surface area contributed by atoms with Crippen molar-refractivity contribution in [2.75, 3.05) is 57.9 Å². The zero-order valence-electron chi connectivity index (χ0n) is 68.4. The van der Waals surface area contributed by atoms with Gasteiger partial charge in [0.25, 0.3) is 23.6 Å². The van der Waals surface area contributed by atoms with E-state index in [-0.39, 0.29) is 68.7 Å². The van der Waals surface area contributed by atoms with Gasteiger partial charge in [0.1, 0.15) is 41.3 Å². The lowest BCUT2D eigenvalue weighted by Gasteiger charge is -2.25. The van der Waals surface area contributed by atoms with Crippen LogP contribution in [-0.2, 0) is 38.0 Å². The molecule has 2 aliphatic carbocycles. The fraction of sp³-hybridized carbons (Fsp3) is 0.437. The summed E-state index contributed by atoms with van der Waals surface area (Å²) >= 11 is 4.93. The Morgan fingerprint density at radius 1 is 0.548 bits per heavy atom. The van der Waals surface area contributed by atoms with Crippen molar-refractivity contribution >= 4 is 99.7 Å². The van der Waals surface area contributed by atoms with Gasteiger partial charge in [-0.25, -0.2) is 29.3 Å². The van der Waals surface area contributed by atoms with Crippen LogP contribution in [0.1, 0.15) is 239 Å². The molecule has 2 aliphatic rings. The van der Waals surface area contributed by atoms with Crippen LogP contribution in [0, 0.1) is 39.9 Å². The molecule has 2 atom stereocenters. The van der Waals surface area contributed by atoms with Gasteiger partial charge >= 0.3 is 29.3 Å². The molecule has 4 amide bonds. The lowest BCUT2D eigenvalue weighted by atomic mass is 9.94. The number of unbranched alkanes of at least 4 members (excludes halogenated alkanes) is 5. The predicted molar refractivity (Wildman–Crippen MR) is 444 cm³/mol. The molecule has 0 spiro atoms. The molecule has 9 N–H and O–H groups in total. The molecule has 8 rings (SSSR count). The van der Waals surface area contributed by atoms with E-state index in [1.54, 1.807) is 148 Å². The number of hydrogen-bond donors (Lipinski definition) is 7. The number of rotatable bonds is 37. The third-order valence-corrected chi connectivity index (χ3v) is 18.0. The number of halogens is 1. The third-order valence-electron chi connectivity index (χ3n) is 17.9. The standard InChI is InChI=1S/C43H55N5O8.C37H43N5O7.C7H13ClO2/c1-9-11-12-21-54-25-46-37(44)29-15-17-30(18-16-29)47-38(49)33-22-28(10-2)35(53-8)23-32(33)31-19-20-34(39(50)45-24-27-13-14-27)48-36(31)40(51)55-41(26(3)4)56-42(52)43(5,6)7;1-8-22-17-27(32(43)41-24-13-11-23(12-14-24)31(38)39)26(18-29(22)47-7)25-15-16-28(33(44)40-19-21-9-10-21)42-30(25)34(45)48-35(20(2)3)49-36(46)37(4,5)6;1-2-3-4-5-6-10-7(8)9/h10,15-20,22-23,26-27,41H,2,9,11-14,21,24-25H2,1,3-8H3,(H2,44,46)(H,45,50)(H,47,49);8,11-18,20-21,35H,1,9-10,19H2,2-7H3,(H3,38,39)(H,40,44)(H,41,43);2-6H2,1H3. The number of hydrogen-bond acceptors (Lipinski definition) is 21. The Labute approximate surface area is 678 Å². The van der Waals surface area contributed by atoms with Crippen LogP contribution in [0.2, 0.25) is 0 Å². The highest BCUT2D eigenvalue weighted by Crippen LogP contribution is 2.38. The summed E-state index contributed by atoms with van der Waals surface area (Å²) in [7, 11) is 2.93. The number of carbonyl (C=O) groups excluding carboxylic acids is 9. The smallest absolute Gasteiger partial charge is 0.403 e. The van der Waals surface area contributed by atoms with E-state index in [9.17, 15) is 43.2 Å². The Morgan fingerprint density at radius 2 is 0.948 bits per heavy atom. The zero-order valence-corrected chi connectivity index (χ0v) is 69.2. The third kappa shape index (κ3) is 28.9. The first-order chi connectivity index (χ1) is 54.5. The van der Waals surface area contributed by atoms with E-state index in [0.29, 0.717) is 89.1 Å². The summed E-state index contributed by atoms with van der Waals surface area (Å²) in [6.07, 6.45) is 12.2. The van der Waals surface area contributed by atoms with E-state index < -0.39 is 88.2 Å². The van der Waals surface area contributed by atoms with Crippen molar-refractivity contribution in [1.82, 2.24) is 20.6 Å². The SMILES string of the molecule is C=Cc1cc(C(=O)Nc2ccc(C(=N)N)cc2)c(-c2ccc(C(=O)NCC3CC3)nc2C(=O)OC(OC(=O)C(C)(C)C)C(C)C)cc1OC.C=Cc1cc(C(=O)Nc2ccc(C(N)=NCOCCCCC)cc2)c(-c2ccc(C(=O)NCC3CC3)nc2C(=O)OC(OC(=O)C(C)(C)C)C(C)C)cc1OC.CCCCCCOC(=O)Cl. The normalized spacial score (nSPS) is 13.0. The number of anilines is 2. The Morgan fingerprint density at radius 3 is 1.30 bits per heavy atom. The molecule has 618 valence electrons. The largest absolute Gasteiger partial charge is 0.496 e. The minimum absolute atomic E-state index is 0.0271. The van der Waals surface area contributed by atoms with E-state index in [1.807, 2.05) is 0 Å². The molecule has 115 heavy (non-hydrogen) atoms. The molecule has 2 saturated carbocycles. The van der Waals surface area contributed by atoms with E-state index >= 15 is 0 Å². The number of benzene rings is 4. The molecule has 6 aromatic rings. The minimum Gasteiger partial charge on any atom is -0.496 e. The van der Waals surface area contributed by atoms with E-state index in [1.165, 1.54) is 57.4 Å². The molecule has 2 unspecified atom stereocenters. The van der Waals surface area contributed by atoms with Gasteiger partial charge in [0.15, 0.2) is 11.4 Å². The highest BCUT2D eigenvalue weighted by atomic mass is 35.5. The van der Waals surface area contributed by atoms with Crippen LogP contribution in [0.25, 0.3) is 34.4 Å². The fourth-order valence-corrected chi connectivity index (χ4v) is 10.7. The summed E-state index contributed by atoms with van der Waals surface area (Å²) in [5, 5.41) is 19.1. The molecule has 27 nitrogen and oxygen atoms in total. The van der Waals surface area contributed by atoms with Crippen molar-refractivity contribution in [3.63, 3.8) is 0 Å². The van der Waals surface area contributed by atoms with Gasteiger partial charge in [-0.1, -0.05) is 99.0 Å². The lowest BCUT2D eigenvalue weighted by molar-refractivity contribution is -0.185. The summed E-state index contributed by atoms with van der Waals surface area (Å²) in [4.78, 5) is 131. The van der Waals surface area contributed by atoms with Gasteiger partial charge in [-0.2, -0.15) is 0 Å². The summed E-state index contributed by atoms with van der Waals surface area (Å²) in [5.74, 6) is -4.19. The number of esters is 4. The lowest BCUT2D eigenvalue weighted by Crippen LogP contribution is -2.34. The van der Waals surface area contributed by atoms with Gasteiger partial charge in [0.2, 0.25) is 12.6 Å². The van der Waals surface area contributed by atoms with Crippen molar-refractivity contribution in [1.29, 1.82) is 5.41 Å². The van der Waals surface area contributed by atoms with Gasteiger partial charge in [-0.05, 0) is 189 Å². The molecule has 0 aliphatic heterocycles. The van der Waals surface area contributed by atoms with Crippen LogP contribution in [0.3, 0.4) is 0 Å². The molecule has 0 radical (unpaired) electrons. The number of nitrogens with two attached hydrogens (primary N) is 2. The van der Waals surface area contributed by atoms with Crippen molar-refractivity contribution in [3.05, 3.63) is 166 Å². The van der Waals surface area contributed by atoms with Crippen molar-refractivity contribution in [2.45, 2.75) is 166 Å². The van der Waals surface area contributed by atoms with Crippen molar-refractivity contribution < 1.29 is 81.0 Å². The molecule has 28 heteroatoms. The van der Waals surface area contributed by atoms with Crippen LogP contribution in [0.4, 0.5) is 16.2 Å². The maximum atomic E-state index is 14.1. The monoisotopic (exact) mass is 1600 g/mol.